The number of H-pyrrole nitrogens is 1. The molecule has 0 aliphatic heterocycles. The van der Waals surface area contributed by atoms with Crippen LogP contribution in [0.3, 0.4) is 0 Å². The van der Waals surface area contributed by atoms with Gasteiger partial charge < -0.3 is 10.3 Å². The third kappa shape index (κ3) is 3.85. The van der Waals surface area contributed by atoms with Gasteiger partial charge in [0.25, 0.3) is 5.91 Å². The second kappa shape index (κ2) is 6.91. The largest absolute Gasteiger partial charge is 0.348 e. The molecule has 6 heteroatoms. The number of hydrogen-bond donors (Lipinski definition) is 2. The molecule has 0 saturated carbocycles. The van der Waals surface area contributed by atoms with Crippen molar-refractivity contribution < 1.29 is 4.79 Å². The Morgan fingerprint density at radius 3 is 2.74 bits per heavy atom. The summed E-state index contributed by atoms with van der Waals surface area (Å²) in [6, 6.07) is 11.8. The van der Waals surface area contributed by atoms with Gasteiger partial charge in [-0.3, -0.25) is 9.48 Å². The van der Waals surface area contributed by atoms with Gasteiger partial charge in [-0.15, -0.1) is 0 Å². The van der Waals surface area contributed by atoms with Crippen molar-refractivity contribution in [3.05, 3.63) is 72.1 Å². The molecule has 3 rings (SSSR count). The number of imidazole rings is 1. The fourth-order valence-electron chi connectivity index (χ4n) is 2.59. The van der Waals surface area contributed by atoms with Crippen LogP contribution in [-0.2, 0) is 19.9 Å². The Hall–Kier alpha value is -2.89. The number of nitrogens with zero attached hydrogens (tertiary/aromatic N) is 3. The molecule has 0 aliphatic carbocycles. The summed E-state index contributed by atoms with van der Waals surface area (Å²) < 4.78 is 1.57. The number of nitrogens with one attached hydrogen (secondary N) is 2. The van der Waals surface area contributed by atoms with E-state index in [4.69, 9.17) is 0 Å². The molecular formula is C17H19N5O. The molecule has 2 N–H and O–H groups in total. The maximum absolute atomic E-state index is 12.5. The van der Waals surface area contributed by atoms with Gasteiger partial charge in [0.1, 0.15) is 5.69 Å². The van der Waals surface area contributed by atoms with Gasteiger partial charge in [-0.05, 0) is 18.1 Å². The zero-order valence-electron chi connectivity index (χ0n) is 12.9. The minimum Gasteiger partial charge on any atom is -0.348 e. The van der Waals surface area contributed by atoms with E-state index in [0.717, 1.165) is 12.1 Å². The first-order chi connectivity index (χ1) is 11.2. The molecule has 0 bridgehead atoms. The molecule has 2 aromatic heterocycles. The molecule has 0 spiro atoms. The Morgan fingerprint density at radius 2 is 2.09 bits per heavy atom. The van der Waals surface area contributed by atoms with Crippen LogP contribution in [0.4, 0.5) is 0 Å². The van der Waals surface area contributed by atoms with Gasteiger partial charge in [-0.1, -0.05) is 30.3 Å². The number of carbonyl (C=O) groups excluding carboxylic acids is 1. The average molecular weight is 309 g/mol. The smallest absolute Gasteiger partial charge is 0.269 e. The first kappa shape index (κ1) is 15.0. The first-order valence-electron chi connectivity index (χ1n) is 7.52. The van der Waals surface area contributed by atoms with Crippen LogP contribution < -0.4 is 5.32 Å². The van der Waals surface area contributed by atoms with E-state index < -0.39 is 0 Å². The van der Waals surface area contributed by atoms with E-state index in [0.29, 0.717) is 12.1 Å². The van der Waals surface area contributed by atoms with E-state index >= 15 is 0 Å². The zero-order valence-corrected chi connectivity index (χ0v) is 12.9. The maximum Gasteiger partial charge on any atom is 0.269 e. The highest BCUT2D eigenvalue weighted by Gasteiger charge is 2.17. The summed E-state index contributed by atoms with van der Waals surface area (Å²) in [4.78, 5) is 19.6. The summed E-state index contributed by atoms with van der Waals surface area (Å²) in [5.74, 6) is -0.120. The molecule has 1 amide bonds. The molecule has 3 aromatic rings. The van der Waals surface area contributed by atoms with Crippen molar-refractivity contribution in [3.8, 4) is 0 Å². The molecule has 1 aromatic carbocycles. The molecule has 0 unspecified atom stereocenters. The van der Waals surface area contributed by atoms with E-state index in [9.17, 15) is 4.79 Å². The van der Waals surface area contributed by atoms with Crippen LogP contribution in [0.5, 0.6) is 0 Å². The predicted octanol–water partition coefficient (Wildman–Crippen LogP) is 1.73. The second-order valence-corrected chi connectivity index (χ2v) is 5.48. The van der Waals surface area contributed by atoms with Gasteiger partial charge in [0.05, 0.1) is 6.33 Å². The van der Waals surface area contributed by atoms with Gasteiger partial charge in [0.15, 0.2) is 0 Å². The summed E-state index contributed by atoms with van der Waals surface area (Å²) in [5, 5.41) is 7.14. The summed E-state index contributed by atoms with van der Waals surface area (Å²) >= 11 is 0. The lowest BCUT2D eigenvalue weighted by Gasteiger charge is -2.18. The number of amides is 1. The highest BCUT2D eigenvalue weighted by atomic mass is 16.2. The lowest BCUT2D eigenvalue weighted by atomic mass is 10.0. The summed E-state index contributed by atoms with van der Waals surface area (Å²) in [6.07, 6.45) is 6.50. The van der Waals surface area contributed by atoms with E-state index in [1.165, 1.54) is 5.56 Å². The Kier molecular flexibility index (Phi) is 4.52. The molecule has 118 valence electrons. The fourth-order valence-corrected chi connectivity index (χ4v) is 2.59. The van der Waals surface area contributed by atoms with Gasteiger partial charge in [-0.25, -0.2) is 4.98 Å². The van der Waals surface area contributed by atoms with Crippen molar-refractivity contribution >= 4 is 5.91 Å². The third-order valence-corrected chi connectivity index (χ3v) is 3.73. The fraction of sp³-hybridized carbons (Fsp3) is 0.235. The Morgan fingerprint density at radius 1 is 1.26 bits per heavy atom. The SMILES string of the molecule is Cn1nccc1C(=O)N[C@@H](Cc1ccccc1)Cc1cnc[nH]1. The highest BCUT2D eigenvalue weighted by Crippen LogP contribution is 2.09. The number of carbonyl (C=O) groups is 1. The van der Waals surface area contributed by atoms with Crippen LogP contribution in [0, 0.1) is 0 Å². The van der Waals surface area contributed by atoms with Crippen LogP contribution in [-0.4, -0.2) is 31.7 Å². The Bertz CT molecular complexity index is 748. The summed E-state index contributed by atoms with van der Waals surface area (Å²) in [6.45, 7) is 0. The van der Waals surface area contributed by atoms with Crippen molar-refractivity contribution in [2.45, 2.75) is 18.9 Å². The number of aryl methyl sites for hydroxylation is 1. The first-order valence-corrected chi connectivity index (χ1v) is 7.52. The number of hydrogen-bond acceptors (Lipinski definition) is 3. The number of aromatic nitrogens is 4. The number of aromatic amines is 1. The lowest BCUT2D eigenvalue weighted by Crippen LogP contribution is -2.39. The van der Waals surface area contributed by atoms with Crippen LogP contribution in [0.2, 0.25) is 0 Å². The molecule has 0 saturated heterocycles. The van der Waals surface area contributed by atoms with E-state index in [1.54, 1.807) is 36.5 Å². The minimum atomic E-state index is -0.120. The predicted molar refractivity (Wildman–Crippen MR) is 86.9 cm³/mol. The van der Waals surface area contributed by atoms with Crippen LogP contribution >= 0.6 is 0 Å². The second-order valence-electron chi connectivity index (χ2n) is 5.48. The Labute approximate surface area is 134 Å². The molecule has 1 atom stereocenters. The van der Waals surface area contributed by atoms with Crippen molar-refractivity contribution in [2.75, 3.05) is 0 Å². The van der Waals surface area contributed by atoms with Crippen LogP contribution in [0.15, 0.2) is 55.1 Å². The topological polar surface area (TPSA) is 75.6 Å². The van der Waals surface area contributed by atoms with Gasteiger partial charge in [0.2, 0.25) is 0 Å². The molecule has 0 fully saturated rings. The van der Waals surface area contributed by atoms with E-state index in [-0.39, 0.29) is 11.9 Å². The van der Waals surface area contributed by atoms with Gasteiger partial charge >= 0.3 is 0 Å². The monoisotopic (exact) mass is 309 g/mol. The van der Waals surface area contributed by atoms with Gasteiger partial charge in [0, 0.05) is 37.6 Å². The molecule has 23 heavy (non-hydrogen) atoms. The van der Waals surface area contributed by atoms with Crippen molar-refractivity contribution in [1.29, 1.82) is 0 Å². The average Bonchev–Trinajstić information content (AvgIpc) is 3.19. The zero-order chi connectivity index (χ0) is 16.1. The summed E-state index contributed by atoms with van der Waals surface area (Å²) in [7, 11) is 1.76. The van der Waals surface area contributed by atoms with Gasteiger partial charge in [-0.2, -0.15) is 5.10 Å². The molecule has 2 heterocycles. The quantitative estimate of drug-likeness (QED) is 0.728. The normalized spacial score (nSPS) is 12.0. The molecule has 0 aliphatic rings. The third-order valence-electron chi connectivity index (χ3n) is 3.73. The molecule has 6 nitrogen and oxygen atoms in total. The van der Waals surface area contributed by atoms with Crippen LogP contribution in [0.1, 0.15) is 21.7 Å². The van der Waals surface area contributed by atoms with E-state index in [2.05, 4.69) is 32.5 Å². The molecular weight excluding hydrogens is 290 g/mol. The van der Waals surface area contributed by atoms with Crippen LogP contribution in [0.25, 0.3) is 0 Å². The Balaban J connectivity index is 1.74. The standard InChI is InChI=1S/C17H19N5O/c1-22-16(7-8-20-22)17(23)21-14(10-15-11-18-12-19-15)9-13-5-3-2-4-6-13/h2-8,11-12,14H,9-10H2,1H3,(H,18,19)(H,21,23)/t14-/m0/s1. The van der Waals surface area contributed by atoms with E-state index in [1.807, 2.05) is 18.2 Å². The van der Waals surface area contributed by atoms with Crippen molar-refractivity contribution in [1.82, 2.24) is 25.1 Å². The lowest BCUT2D eigenvalue weighted by molar-refractivity contribution is 0.0927. The maximum atomic E-state index is 12.5. The summed E-state index contributed by atoms with van der Waals surface area (Å²) in [5.41, 5.74) is 2.73. The molecule has 0 radical (unpaired) electrons. The van der Waals surface area contributed by atoms with Crippen molar-refractivity contribution in [2.24, 2.45) is 7.05 Å². The minimum absolute atomic E-state index is 0.0275. The van der Waals surface area contributed by atoms with Crippen molar-refractivity contribution in [3.63, 3.8) is 0 Å². The highest BCUT2D eigenvalue weighted by molar-refractivity contribution is 5.92. The number of benzene rings is 1. The number of rotatable bonds is 6.